The molecule has 35 heavy (non-hydrogen) atoms. The quantitative estimate of drug-likeness (QED) is 0.592. The second-order valence-corrected chi connectivity index (χ2v) is 10.1. The Morgan fingerprint density at radius 1 is 1.09 bits per heavy atom. The van der Waals surface area contributed by atoms with Crippen molar-refractivity contribution >= 4 is 33.6 Å². The van der Waals surface area contributed by atoms with Crippen LogP contribution in [0, 0.1) is 23.0 Å². The van der Waals surface area contributed by atoms with E-state index in [0.29, 0.717) is 11.1 Å². The van der Waals surface area contributed by atoms with Gasteiger partial charge in [-0.3, -0.25) is 4.79 Å². The fraction of sp³-hybridized carbons (Fsp3) is 0.318. The number of nitriles is 1. The summed E-state index contributed by atoms with van der Waals surface area (Å²) >= 11 is 5.75. The van der Waals surface area contributed by atoms with E-state index in [4.69, 9.17) is 22.6 Å². The Morgan fingerprint density at radius 2 is 1.69 bits per heavy atom. The molecule has 1 fully saturated rings. The third kappa shape index (κ3) is 6.66. The summed E-state index contributed by atoms with van der Waals surface area (Å²) in [7, 11) is -4.08. The number of sulfonamides is 1. The van der Waals surface area contributed by atoms with E-state index >= 15 is 0 Å². The molecule has 0 saturated carbocycles. The Kier molecular flexibility index (Phi) is 8.26. The van der Waals surface area contributed by atoms with Crippen LogP contribution in [0.2, 0.25) is 5.02 Å². The second kappa shape index (κ2) is 11.0. The first-order valence-corrected chi connectivity index (χ1v) is 12.3. The van der Waals surface area contributed by atoms with E-state index < -0.39 is 33.7 Å². The van der Waals surface area contributed by atoms with E-state index in [2.05, 4.69) is 0 Å². The molecule has 0 aliphatic carbocycles. The van der Waals surface area contributed by atoms with Crippen molar-refractivity contribution in [3.05, 3.63) is 64.2 Å². The van der Waals surface area contributed by atoms with Gasteiger partial charge in [-0.2, -0.15) is 5.26 Å². The number of hydrogen-bond donors (Lipinski definition) is 2. The number of nitrogens with one attached hydrogen (secondary N) is 1. The minimum atomic E-state index is -4.08. The maximum Gasteiger partial charge on any atom is 0.331 e. The number of benzene rings is 2. The van der Waals surface area contributed by atoms with Crippen molar-refractivity contribution in [1.29, 1.82) is 5.26 Å². The lowest BCUT2D eigenvalue weighted by atomic mass is 10.0. The highest BCUT2D eigenvalue weighted by Crippen LogP contribution is 2.17. The lowest BCUT2D eigenvalue weighted by Gasteiger charge is -2.35. The van der Waals surface area contributed by atoms with Gasteiger partial charge in [-0.15, -0.1) is 0 Å². The summed E-state index contributed by atoms with van der Waals surface area (Å²) in [6, 6.07) is 7.05. The normalized spacial score (nSPS) is 14.8. The average molecular weight is 526 g/mol. The van der Waals surface area contributed by atoms with Gasteiger partial charge in [0.1, 0.15) is 17.7 Å². The van der Waals surface area contributed by atoms with Gasteiger partial charge in [0.2, 0.25) is 5.91 Å². The molecule has 1 aliphatic rings. The highest BCUT2D eigenvalue weighted by atomic mass is 35.5. The van der Waals surface area contributed by atoms with Crippen molar-refractivity contribution in [1.82, 2.24) is 14.5 Å². The summed E-state index contributed by atoms with van der Waals surface area (Å²) in [5.74, 6) is -2.15. The van der Waals surface area contributed by atoms with Crippen molar-refractivity contribution in [3.63, 3.8) is 0 Å². The van der Waals surface area contributed by atoms with Crippen molar-refractivity contribution in [2.24, 2.45) is 5.73 Å². The van der Waals surface area contributed by atoms with Crippen LogP contribution in [-0.2, 0) is 21.2 Å². The van der Waals surface area contributed by atoms with Crippen LogP contribution < -0.4 is 10.5 Å². The zero-order chi connectivity index (χ0) is 25.8. The number of carbonyl (C=O) groups is 2. The largest absolute Gasteiger partial charge is 0.339 e. The van der Waals surface area contributed by atoms with Gasteiger partial charge in [-0.25, -0.2) is 26.7 Å². The minimum absolute atomic E-state index is 0.0339. The van der Waals surface area contributed by atoms with Crippen molar-refractivity contribution in [3.8, 4) is 6.07 Å². The number of rotatable bonds is 6. The number of urea groups is 1. The molecule has 1 atom stereocenters. The number of halogens is 3. The van der Waals surface area contributed by atoms with Crippen LogP contribution in [0.15, 0.2) is 41.3 Å². The van der Waals surface area contributed by atoms with Crippen molar-refractivity contribution in [2.75, 3.05) is 26.2 Å². The van der Waals surface area contributed by atoms with Gasteiger partial charge < -0.3 is 15.5 Å². The monoisotopic (exact) mass is 525 g/mol. The van der Waals surface area contributed by atoms with E-state index in [0.717, 1.165) is 6.07 Å². The first-order chi connectivity index (χ1) is 16.5. The van der Waals surface area contributed by atoms with E-state index in [1.807, 2.05) is 4.72 Å². The molecular weight excluding hydrogens is 504 g/mol. The Bertz CT molecular complexity index is 1260. The second-order valence-electron chi connectivity index (χ2n) is 7.94. The molecule has 3 amide bonds. The van der Waals surface area contributed by atoms with Crippen LogP contribution in [0.1, 0.15) is 17.5 Å². The lowest BCUT2D eigenvalue weighted by Crippen LogP contribution is -2.54. The molecule has 0 spiro atoms. The van der Waals surface area contributed by atoms with Crippen molar-refractivity contribution < 1.29 is 26.8 Å². The minimum Gasteiger partial charge on any atom is -0.339 e. The number of amides is 3. The Labute approximate surface area is 206 Å². The predicted molar refractivity (Wildman–Crippen MR) is 123 cm³/mol. The molecular formula is C22H22ClF2N5O4S. The lowest BCUT2D eigenvalue weighted by molar-refractivity contribution is -0.132. The Morgan fingerprint density at radius 3 is 2.29 bits per heavy atom. The third-order valence-corrected chi connectivity index (χ3v) is 7.03. The molecule has 2 aromatic rings. The first-order valence-electron chi connectivity index (χ1n) is 10.5. The number of piperazine rings is 1. The smallest absolute Gasteiger partial charge is 0.331 e. The summed E-state index contributed by atoms with van der Waals surface area (Å²) in [4.78, 5) is 27.6. The number of hydrogen-bond acceptors (Lipinski definition) is 6. The molecule has 0 radical (unpaired) electrons. The van der Waals surface area contributed by atoms with Crippen LogP contribution in [-0.4, -0.2) is 62.4 Å². The third-order valence-electron chi connectivity index (χ3n) is 5.44. The Balaban J connectivity index is 1.51. The molecule has 13 heteroatoms. The van der Waals surface area contributed by atoms with Gasteiger partial charge in [0.15, 0.2) is 0 Å². The maximum absolute atomic E-state index is 14.0. The summed E-state index contributed by atoms with van der Waals surface area (Å²) in [5.41, 5.74) is 5.70. The van der Waals surface area contributed by atoms with E-state index in [1.54, 1.807) is 6.07 Å². The molecule has 186 valence electrons. The Hall–Kier alpha value is -3.27. The topological polar surface area (TPSA) is 137 Å². The van der Waals surface area contributed by atoms with E-state index in [-0.39, 0.29) is 61.0 Å². The van der Waals surface area contributed by atoms with Gasteiger partial charge in [0.25, 0.3) is 10.0 Å². The molecule has 3 N–H and O–H groups in total. The molecule has 1 saturated heterocycles. The van der Waals surface area contributed by atoms with Crippen LogP contribution in [0.5, 0.6) is 0 Å². The van der Waals surface area contributed by atoms with E-state index in [9.17, 15) is 26.8 Å². The highest BCUT2D eigenvalue weighted by molar-refractivity contribution is 7.90. The molecule has 2 aromatic carbocycles. The maximum atomic E-state index is 14.0. The molecule has 0 unspecified atom stereocenters. The number of carbonyl (C=O) groups excluding carboxylic acids is 2. The van der Waals surface area contributed by atoms with Gasteiger partial charge in [-0.05, 0) is 42.3 Å². The molecule has 9 nitrogen and oxygen atoms in total. The van der Waals surface area contributed by atoms with Gasteiger partial charge in [-0.1, -0.05) is 11.6 Å². The van der Waals surface area contributed by atoms with Gasteiger partial charge in [0.05, 0.1) is 10.5 Å². The van der Waals surface area contributed by atoms with Gasteiger partial charge >= 0.3 is 6.03 Å². The van der Waals surface area contributed by atoms with Crippen LogP contribution in [0.4, 0.5) is 13.6 Å². The summed E-state index contributed by atoms with van der Waals surface area (Å²) < 4.78 is 54.2. The molecule has 1 heterocycles. The number of nitrogens with two attached hydrogens (primary N) is 1. The molecule has 0 aromatic heterocycles. The summed E-state index contributed by atoms with van der Waals surface area (Å²) in [6.07, 6.45) is -0.201. The van der Waals surface area contributed by atoms with Crippen LogP contribution in [0.25, 0.3) is 0 Å². The molecule has 3 rings (SSSR count). The van der Waals surface area contributed by atoms with E-state index in [1.165, 1.54) is 34.1 Å². The fourth-order valence-corrected chi connectivity index (χ4v) is 4.65. The molecule has 0 bridgehead atoms. The predicted octanol–water partition coefficient (Wildman–Crippen LogP) is 1.99. The van der Waals surface area contributed by atoms with Crippen LogP contribution in [0.3, 0.4) is 0 Å². The van der Waals surface area contributed by atoms with Crippen LogP contribution >= 0.6 is 11.6 Å². The SMILES string of the molecule is N#Cc1cc(C[C@@H](N)CC(=O)N2CCN(C(=O)NS(=O)(=O)c3ccc(Cl)cc3)CC2)c(F)cc1F. The summed E-state index contributed by atoms with van der Waals surface area (Å²) in [6.45, 7) is 0.509. The first kappa shape index (κ1) is 26.3. The average Bonchev–Trinajstić information content (AvgIpc) is 2.81. The highest BCUT2D eigenvalue weighted by Gasteiger charge is 2.28. The zero-order valence-corrected chi connectivity index (χ0v) is 20.0. The summed E-state index contributed by atoms with van der Waals surface area (Å²) in [5, 5.41) is 9.25. The fourth-order valence-electron chi connectivity index (χ4n) is 3.56. The zero-order valence-electron chi connectivity index (χ0n) is 18.4. The number of nitrogens with zero attached hydrogens (tertiary/aromatic N) is 3. The standard InChI is InChI=1S/C22H22ClF2N5O4S/c23-16-1-3-18(4-2-16)35(33,34)28-22(32)30-7-5-29(6-8-30)21(31)11-17(27)10-14-9-15(13-26)20(25)12-19(14)24/h1-4,9,12,17H,5-8,10-11,27H2,(H,28,32)/t17-/m1/s1. The molecule has 1 aliphatic heterocycles. The van der Waals surface area contributed by atoms with Crippen molar-refractivity contribution in [2.45, 2.75) is 23.8 Å². The van der Waals surface area contributed by atoms with Gasteiger partial charge in [0, 0.05) is 49.7 Å².